The van der Waals surface area contributed by atoms with Crippen molar-refractivity contribution in [2.24, 2.45) is 0 Å². The van der Waals surface area contributed by atoms with Gasteiger partial charge in [0.25, 0.3) is 0 Å². The smallest absolute Gasteiger partial charge is 0.166 e. The molecule has 3 heteroatoms. The zero-order valence-corrected chi connectivity index (χ0v) is 11.1. The van der Waals surface area contributed by atoms with Crippen molar-refractivity contribution in [3.8, 4) is 11.5 Å². The topological polar surface area (TPSA) is 30.5 Å². The zero-order chi connectivity index (χ0) is 12.8. The second kappa shape index (κ2) is 6.45. The van der Waals surface area contributed by atoms with E-state index in [4.69, 9.17) is 9.47 Å². The molecule has 0 saturated heterocycles. The number of ether oxygens (including phenoxy) is 2. The van der Waals surface area contributed by atoms with Crippen molar-refractivity contribution in [2.75, 3.05) is 14.2 Å². The van der Waals surface area contributed by atoms with Crippen LogP contribution in [-0.4, -0.2) is 20.3 Å². The predicted molar refractivity (Wildman–Crippen MR) is 73.2 cm³/mol. The first kappa shape index (κ1) is 13.0. The summed E-state index contributed by atoms with van der Waals surface area (Å²) in [4.78, 5) is 0. The van der Waals surface area contributed by atoms with Gasteiger partial charge in [0.1, 0.15) is 6.10 Å². The van der Waals surface area contributed by atoms with Crippen LogP contribution in [0.3, 0.4) is 0 Å². The minimum atomic E-state index is 0.172. The van der Waals surface area contributed by atoms with Crippen LogP contribution in [0.1, 0.15) is 24.8 Å². The van der Waals surface area contributed by atoms with Gasteiger partial charge in [0, 0.05) is 12.1 Å². The molecule has 0 amide bonds. The standard InChI is InChI=1S/C15H21NO2/c1-16-11-12-7-6-10-14(17-2)15(12)18-13-8-4-3-5-9-13/h4,6-8,10,13,16H,3,5,9,11H2,1-2H3. The molecule has 1 atom stereocenters. The molecule has 1 aromatic carbocycles. The highest BCUT2D eigenvalue weighted by Gasteiger charge is 2.16. The van der Waals surface area contributed by atoms with E-state index < -0.39 is 0 Å². The average molecular weight is 247 g/mol. The van der Waals surface area contributed by atoms with Crippen LogP contribution in [0, 0.1) is 0 Å². The first-order valence-electron chi connectivity index (χ1n) is 6.49. The van der Waals surface area contributed by atoms with E-state index in [0.29, 0.717) is 0 Å². The van der Waals surface area contributed by atoms with Gasteiger partial charge < -0.3 is 14.8 Å². The first-order chi connectivity index (χ1) is 8.85. The molecule has 2 rings (SSSR count). The molecule has 1 unspecified atom stereocenters. The van der Waals surface area contributed by atoms with Crippen molar-refractivity contribution in [1.29, 1.82) is 0 Å². The van der Waals surface area contributed by atoms with Crippen molar-refractivity contribution in [3.63, 3.8) is 0 Å². The summed E-state index contributed by atoms with van der Waals surface area (Å²) in [6.45, 7) is 0.781. The number of hydrogen-bond acceptors (Lipinski definition) is 3. The second-order valence-electron chi connectivity index (χ2n) is 4.49. The van der Waals surface area contributed by atoms with E-state index in [9.17, 15) is 0 Å². The van der Waals surface area contributed by atoms with Gasteiger partial charge in [-0.2, -0.15) is 0 Å². The van der Waals surface area contributed by atoms with Crippen LogP contribution in [0.25, 0.3) is 0 Å². The first-order valence-corrected chi connectivity index (χ1v) is 6.49. The van der Waals surface area contributed by atoms with E-state index in [1.54, 1.807) is 7.11 Å². The maximum atomic E-state index is 6.11. The van der Waals surface area contributed by atoms with Crippen LogP contribution in [0.5, 0.6) is 11.5 Å². The number of methoxy groups -OCH3 is 1. The molecule has 0 saturated carbocycles. The fraction of sp³-hybridized carbons (Fsp3) is 0.467. The molecule has 0 spiro atoms. The highest BCUT2D eigenvalue weighted by molar-refractivity contribution is 5.47. The Bertz CT molecular complexity index is 415. The monoisotopic (exact) mass is 247 g/mol. The van der Waals surface area contributed by atoms with Gasteiger partial charge in [0.15, 0.2) is 11.5 Å². The molecule has 3 nitrogen and oxygen atoms in total. The third-order valence-corrected chi connectivity index (χ3v) is 3.13. The van der Waals surface area contributed by atoms with E-state index in [-0.39, 0.29) is 6.10 Å². The molecule has 0 heterocycles. The molecule has 0 aromatic heterocycles. The number of benzene rings is 1. The highest BCUT2D eigenvalue weighted by atomic mass is 16.5. The van der Waals surface area contributed by atoms with Crippen LogP contribution in [0.4, 0.5) is 0 Å². The molecule has 0 aliphatic heterocycles. The lowest BCUT2D eigenvalue weighted by Gasteiger charge is -2.22. The summed E-state index contributed by atoms with van der Waals surface area (Å²) in [5.41, 5.74) is 1.14. The minimum absolute atomic E-state index is 0.172. The second-order valence-corrected chi connectivity index (χ2v) is 4.49. The lowest BCUT2D eigenvalue weighted by molar-refractivity contribution is 0.217. The van der Waals surface area contributed by atoms with Gasteiger partial charge in [-0.1, -0.05) is 18.2 Å². The van der Waals surface area contributed by atoms with Crippen LogP contribution in [0.15, 0.2) is 30.4 Å². The SMILES string of the molecule is CNCc1cccc(OC)c1OC1C=CCCC1. The van der Waals surface area contributed by atoms with Gasteiger partial charge in [-0.05, 0) is 38.5 Å². The van der Waals surface area contributed by atoms with Crippen LogP contribution in [0.2, 0.25) is 0 Å². The third-order valence-electron chi connectivity index (χ3n) is 3.13. The normalized spacial score (nSPS) is 18.7. The van der Waals surface area contributed by atoms with Crippen molar-refractivity contribution in [1.82, 2.24) is 5.32 Å². The fourth-order valence-electron chi connectivity index (χ4n) is 2.22. The summed E-state index contributed by atoms with van der Waals surface area (Å²) in [7, 11) is 3.62. The molecular formula is C15H21NO2. The van der Waals surface area contributed by atoms with Gasteiger partial charge in [0.2, 0.25) is 0 Å². The Kier molecular flexibility index (Phi) is 4.65. The Balaban J connectivity index is 2.22. The number of allylic oxidation sites excluding steroid dienone is 1. The number of nitrogens with one attached hydrogen (secondary N) is 1. The molecule has 1 aliphatic rings. The van der Waals surface area contributed by atoms with E-state index in [2.05, 4.69) is 23.5 Å². The third kappa shape index (κ3) is 3.05. The molecule has 1 N–H and O–H groups in total. The molecule has 0 radical (unpaired) electrons. The predicted octanol–water partition coefficient (Wildman–Crippen LogP) is 2.90. The molecule has 18 heavy (non-hydrogen) atoms. The maximum absolute atomic E-state index is 6.11. The van der Waals surface area contributed by atoms with Crippen molar-refractivity contribution in [2.45, 2.75) is 31.9 Å². The van der Waals surface area contributed by atoms with Crippen molar-refractivity contribution < 1.29 is 9.47 Å². The molecule has 98 valence electrons. The summed E-state index contributed by atoms with van der Waals surface area (Å²) in [5, 5.41) is 3.16. The zero-order valence-electron chi connectivity index (χ0n) is 11.1. The summed E-state index contributed by atoms with van der Waals surface area (Å²) >= 11 is 0. The maximum Gasteiger partial charge on any atom is 0.166 e. The van der Waals surface area contributed by atoms with Gasteiger partial charge in [-0.15, -0.1) is 0 Å². The van der Waals surface area contributed by atoms with Crippen LogP contribution < -0.4 is 14.8 Å². The van der Waals surface area contributed by atoms with Crippen LogP contribution >= 0.6 is 0 Å². The van der Waals surface area contributed by atoms with Gasteiger partial charge in [0.05, 0.1) is 7.11 Å². The van der Waals surface area contributed by atoms with E-state index in [1.165, 1.54) is 6.42 Å². The average Bonchev–Trinajstić information content (AvgIpc) is 2.42. The number of rotatable bonds is 5. The fourth-order valence-corrected chi connectivity index (χ4v) is 2.22. The Morgan fingerprint density at radius 3 is 2.94 bits per heavy atom. The Labute approximate surface area is 109 Å². The summed E-state index contributed by atoms with van der Waals surface area (Å²) < 4.78 is 11.5. The highest BCUT2D eigenvalue weighted by Crippen LogP contribution is 2.33. The lowest BCUT2D eigenvalue weighted by atomic mass is 10.1. The quantitative estimate of drug-likeness (QED) is 0.812. The molecule has 0 bridgehead atoms. The largest absolute Gasteiger partial charge is 0.493 e. The Morgan fingerprint density at radius 2 is 2.28 bits per heavy atom. The van der Waals surface area contributed by atoms with Crippen LogP contribution in [-0.2, 0) is 6.54 Å². The Hall–Kier alpha value is -1.48. The van der Waals surface area contributed by atoms with E-state index in [1.807, 2.05) is 19.2 Å². The van der Waals surface area contributed by atoms with E-state index >= 15 is 0 Å². The Morgan fingerprint density at radius 1 is 1.39 bits per heavy atom. The molecule has 0 fully saturated rings. The van der Waals surface area contributed by atoms with Gasteiger partial charge in [-0.3, -0.25) is 0 Å². The van der Waals surface area contributed by atoms with Crippen molar-refractivity contribution in [3.05, 3.63) is 35.9 Å². The van der Waals surface area contributed by atoms with E-state index in [0.717, 1.165) is 36.4 Å². The lowest BCUT2D eigenvalue weighted by Crippen LogP contribution is -2.18. The summed E-state index contributed by atoms with van der Waals surface area (Å²) in [5.74, 6) is 1.67. The minimum Gasteiger partial charge on any atom is -0.493 e. The molecular weight excluding hydrogens is 226 g/mol. The summed E-state index contributed by atoms with van der Waals surface area (Å²) in [6.07, 6.45) is 7.95. The van der Waals surface area contributed by atoms with Crippen molar-refractivity contribution >= 4 is 0 Å². The molecule has 1 aliphatic carbocycles. The number of hydrogen-bond donors (Lipinski definition) is 1. The number of para-hydroxylation sites is 1. The van der Waals surface area contributed by atoms with Gasteiger partial charge in [-0.25, -0.2) is 0 Å². The van der Waals surface area contributed by atoms with Gasteiger partial charge >= 0.3 is 0 Å². The summed E-state index contributed by atoms with van der Waals surface area (Å²) in [6, 6.07) is 6.01. The molecule has 1 aromatic rings.